The number of methoxy groups -OCH3 is 1. The maximum atomic E-state index is 10.8. The van der Waals surface area contributed by atoms with E-state index >= 15 is 0 Å². The van der Waals surface area contributed by atoms with E-state index in [0.29, 0.717) is 0 Å². The lowest BCUT2D eigenvalue weighted by Crippen LogP contribution is -1.98. The molecule has 0 aliphatic carbocycles. The molecule has 0 aromatic carbocycles. The van der Waals surface area contributed by atoms with E-state index < -0.39 is 16.8 Å². The van der Waals surface area contributed by atoms with Crippen LogP contribution in [0.2, 0.25) is 0 Å². The third-order valence-corrected chi connectivity index (χ3v) is 1.79. The monoisotopic (exact) mass is 249 g/mol. The molecule has 13 heavy (non-hydrogen) atoms. The molecule has 0 spiro atoms. The van der Waals surface area contributed by atoms with E-state index in [9.17, 15) is 14.9 Å². The molecule has 0 aliphatic heterocycles. The van der Waals surface area contributed by atoms with E-state index in [2.05, 4.69) is 25.1 Å². The molecular formula is C6H4BrNO5. The summed E-state index contributed by atoms with van der Waals surface area (Å²) < 4.78 is 9.03. The second-order valence-electron chi connectivity index (χ2n) is 2.01. The second-order valence-corrected chi connectivity index (χ2v) is 2.87. The van der Waals surface area contributed by atoms with Crippen molar-refractivity contribution in [3.63, 3.8) is 0 Å². The summed E-state index contributed by atoms with van der Waals surface area (Å²) >= 11 is 2.87. The summed E-state index contributed by atoms with van der Waals surface area (Å²) in [7, 11) is 1.16. The maximum Gasteiger partial charge on any atom is 0.448 e. The molecule has 7 heteroatoms. The van der Waals surface area contributed by atoms with Crippen LogP contribution in [0, 0.1) is 10.1 Å². The first kappa shape index (κ1) is 9.72. The van der Waals surface area contributed by atoms with Gasteiger partial charge >= 0.3 is 11.9 Å². The van der Waals surface area contributed by atoms with Gasteiger partial charge in [0.05, 0.1) is 7.11 Å². The second kappa shape index (κ2) is 3.56. The van der Waals surface area contributed by atoms with Crippen LogP contribution in [0.15, 0.2) is 15.0 Å². The van der Waals surface area contributed by atoms with Crippen molar-refractivity contribution in [2.75, 3.05) is 7.11 Å². The van der Waals surface area contributed by atoms with E-state index in [1.165, 1.54) is 6.07 Å². The molecule has 0 bridgehead atoms. The Morgan fingerprint density at radius 3 is 2.77 bits per heavy atom. The number of nitrogens with zero attached hydrogens (tertiary/aromatic N) is 1. The van der Waals surface area contributed by atoms with E-state index in [0.717, 1.165) is 7.11 Å². The summed E-state index contributed by atoms with van der Waals surface area (Å²) in [6, 6.07) is 1.18. The summed E-state index contributed by atoms with van der Waals surface area (Å²) in [6.45, 7) is 0. The highest BCUT2D eigenvalue weighted by molar-refractivity contribution is 9.10. The smallest absolute Gasteiger partial charge is 0.448 e. The van der Waals surface area contributed by atoms with E-state index in [4.69, 9.17) is 0 Å². The van der Waals surface area contributed by atoms with Crippen molar-refractivity contribution >= 4 is 27.8 Å². The quantitative estimate of drug-likeness (QED) is 0.453. The predicted octanol–water partition coefficient (Wildman–Crippen LogP) is 1.74. The normalized spacial score (nSPS) is 9.69. The number of halogens is 1. The largest absolute Gasteiger partial charge is 0.463 e. The number of ether oxygens (including phenoxy) is 1. The van der Waals surface area contributed by atoms with Gasteiger partial charge in [-0.15, -0.1) is 0 Å². The minimum atomic E-state index is -0.756. The van der Waals surface area contributed by atoms with Crippen LogP contribution in [-0.4, -0.2) is 18.0 Å². The van der Waals surface area contributed by atoms with Crippen LogP contribution in [0.5, 0.6) is 0 Å². The lowest BCUT2D eigenvalue weighted by Gasteiger charge is -1.90. The van der Waals surface area contributed by atoms with Gasteiger partial charge in [0.15, 0.2) is 0 Å². The Kier molecular flexibility index (Phi) is 2.66. The summed E-state index contributed by atoms with van der Waals surface area (Å²) in [5, 5.41) is 10.3. The third kappa shape index (κ3) is 1.86. The number of furan rings is 1. The van der Waals surface area contributed by atoms with Crippen molar-refractivity contribution in [3.05, 3.63) is 26.4 Å². The number of rotatable bonds is 2. The first-order valence-electron chi connectivity index (χ1n) is 3.08. The number of hydrogen-bond donors (Lipinski definition) is 0. The van der Waals surface area contributed by atoms with Crippen molar-refractivity contribution < 1.29 is 18.9 Å². The molecule has 0 amide bonds. The minimum Gasteiger partial charge on any atom is -0.463 e. The zero-order valence-electron chi connectivity index (χ0n) is 6.44. The molecule has 1 rings (SSSR count). The Morgan fingerprint density at radius 1 is 1.77 bits per heavy atom. The van der Waals surface area contributed by atoms with Crippen molar-refractivity contribution in [2.45, 2.75) is 0 Å². The van der Waals surface area contributed by atoms with Gasteiger partial charge < -0.3 is 9.15 Å². The van der Waals surface area contributed by atoms with Gasteiger partial charge in [0, 0.05) is 6.07 Å². The standard InChI is InChI=1S/C6H4BrNO5/c1-12-6(9)4-2-3(7)5(13-4)8(10)11/h2H,1H3. The van der Waals surface area contributed by atoms with Crippen LogP contribution >= 0.6 is 15.9 Å². The van der Waals surface area contributed by atoms with Gasteiger partial charge in [-0.05, 0) is 15.9 Å². The number of nitro groups is 1. The molecule has 1 aromatic rings. The summed E-state index contributed by atoms with van der Waals surface area (Å²) in [5.41, 5.74) is 0. The first-order valence-corrected chi connectivity index (χ1v) is 3.87. The fraction of sp³-hybridized carbons (Fsp3) is 0.167. The molecule has 0 unspecified atom stereocenters. The molecule has 70 valence electrons. The Hall–Kier alpha value is -1.37. The van der Waals surface area contributed by atoms with Gasteiger partial charge in [0.1, 0.15) is 9.40 Å². The van der Waals surface area contributed by atoms with Gasteiger partial charge in [-0.3, -0.25) is 10.1 Å². The van der Waals surface area contributed by atoms with E-state index in [1.807, 2.05) is 0 Å². The van der Waals surface area contributed by atoms with Crippen LogP contribution in [0.25, 0.3) is 0 Å². The third-order valence-electron chi connectivity index (χ3n) is 1.22. The number of carbonyl (C=O) groups excluding carboxylic acids is 1. The molecule has 0 fully saturated rings. The summed E-state index contributed by atoms with van der Waals surface area (Å²) in [4.78, 5) is 20.4. The predicted molar refractivity (Wildman–Crippen MR) is 44.4 cm³/mol. The molecular weight excluding hydrogens is 246 g/mol. The van der Waals surface area contributed by atoms with Gasteiger partial charge in [-0.25, -0.2) is 4.79 Å². The van der Waals surface area contributed by atoms with Crippen molar-refractivity contribution in [1.82, 2.24) is 0 Å². The van der Waals surface area contributed by atoms with E-state index in [-0.39, 0.29) is 10.2 Å². The highest BCUT2D eigenvalue weighted by atomic mass is 79.9. The highest BCUT2D eigenvalue weighted by Crippen LogP contribution is 2.28. The Balaban J connectivity index is 3.09. The van der Waals surface area contributed by atoms with Crippen molar-refractivity contribution in [3.8, 4) is 0 Å². The van der Waals surface area contributed by atoms with Crippen LogP contribution in [0.1, 0.15) is 10.6 Å². The topological polar surface area (TPSA) is 82.6 Å². The van der Waals surface area contributed by atoms with E-state index in [1.54, 1.807) is 0 Å². The fourth-order valence-electron chi connectivity index (χ4n) is 0.685. The molecule has 0 atom stereocenters. The van der Waals surface area contributed by atoms with Crippen LogP contribution in [0.3, 0.4) is 0 Å². The average molecular weight is 250 g/mol. The summed E-state index contributed by atoms with van der Waals surface area (Å²) in [5.74, 6) is -1.48. The van der Waals surface area contributed by atoms with Crippen LogP contribution < -0.4 is 0 Å². The molecule has 0 aliphatic rings. The number of esters is 1. The van der Waals surface area contributed by atoms with Crippen LogP contribution in [0.4, 0.5) is 5.88 Å². The minimum absolute atomic E-state index is 0.109. The zero-order chi connectivity index (χ0) is 10.0. The Bertz CT molecular complexity index is 358. The maximum absolute atomic E-state index is 10.8. The average Bonchev–Trinajstić information content (AvgIpc) is 2.46. The fourth-order valence-corrected chi connectivity index (χ4v) is 1.12. The van der Waals surface area contributed by atoms with Crippen molar-refractivity contribution in [1.29, 1.82) is 0 Å². The lowest BCUT2D eigenvalue weighted by molar-refractivity contribution is -0.403. The zero-order valence-corrected chi connectivity index (χ0v) is 8.03. The molecule has 1 heterocycles. The first-order chi connectivity index (χ1) is 6.06. The van der Waals surface area contributed by atoms with Gasteiger partial charge in [0.25, 0.3) is 0 Å². The molecule has 6 nitrogen and oxygen atoms in total. The van der Waals surface area contributed by atoms with Gasteiger partial charge in [0.2, 0.25) is 5.76 Å². The Morgan fingerprint density at radius 2 is 2.38 bits per heavy atom. The lowest BCUT2D eigenvalue weighted by atomic mass is 10.4. The van der Waals surface area contributed by atoms with Crippen molar-refractivity contribution in [2.24, 2.45) is 0 Å². The number of hydrogen-bond acceptors (Lipinski definition) is 5. The highest BCUT2D eigenvalue weighted by Gasteiger charge is 2.23. The summed E-state index contributed by atoms with van der Waals surface area (Å²) in [6.07, 6.45) is 0. The molecule has 1 aromatic heterocycles. The van der Waals surface area contributed by atoms with Crippen LogP contribution in [-0.2, 0) is 4.74 Å². The molecule has 0 saturated heterocycles. The Labute approximate surface area is 80.8 Å². The number of carbonyl (C=O) groups is 1. The van der Waals surface area contributed by atoms with Gasteiger partial charge in [-0.2, -0.15) is 0 Å². The molecule has 0 radical (unpaired) electrons. The SMILES string of the molecule is COC(=O)c1cc(Br)c([N+](=O)[O-])o1. The molecule has 0 saturated carbocycles. The molecule has 0 N–H and O–H groups in total. The van der Waals surface area contributed by atoms with Gasteiger partial charge in [-0.1, -0.05) is 0 Å².